The SMILES string of the molecule is C=C(C)CSC1=C(C#N)C(C)(C)C(C#N)C(=O)N1. The number of hydrogen-bond donors (Lipinski definition) is 1. The molecule has 1 heterocycles. The zero-order valence-corrected chi connectivity index (χ0v) is 11.5. The van der Waals surface area contributed by atoms with Crippen molar-refractivity contribution in [3.63, 3.8) is 0 Å². The molecule has 94 valence electrons. The number of nitrogens with one attached hydrogen (secondary N) is 1. The van der Waals surface area contributed by atoms with Crippen LogP contribution in [0.4, 0.5) is 0 Å². The molecule has 0 saturated heterocycles. The molecule has 1 atom stereocenters. The van der Waals surface area contributed by atoms with E-state index in [0.717, 1.165) is 5.57 Å². The predicted molar refractivity (Wildman–Crippen MR) is 70.9 cm³/mol. The van der Waals surface area contributed by atoms with E-state index in [-0.39, 0.29) is 5.91 Å². The number of carbonyl (C=O) groups is 1. The molecule has 0 aromatic rings. The summed E-state index contributed by atoms with van der Waals surface area (Å²) in [5, 5.41) is 21.5. The second-order valence-electron chi connectivity index (χ2n) is 4.83. The van der Waals surface area contributed by atoms with Crippen LogP contribution >= 0.6 is 11.8 Å². The molecule has 5 heteroatoms. The molecule has 0 fully saturated rings. The van der Waals surface area contributed by atoms with Gasteiger partial charge in [-0.05, 0) is 6.92 Å². The van der Waals surface area contributed by atoms with E-state index in [1.54, 1.807) is 13.8 Å². The minimum atomic E-state index is -0.832. The number of hydrogen-bond acceptors (Lipinski definition) is 4. The standard InChI is InChI=1S/C13H15N3OS/c1-8(2)7-18-12-10(6-15)13(3,4)9(5-14)11(17)16-12/h9H,1,7H2,2-4H3,(H,16,17). The van der Waals surface area contributed by atoms with Crippen LogP contribution in [0.3, 0.4) is 0 Å². The number of thioether (sulfide) groups is 1. The van der Waals surface area contributed by atoms with Crippen molar-refractivity contribution in [2.45, 2.75) is 20.8 Å². The van der Waals surface area contributed by atoms with Crippen LogP contribution in [0.15, 0.2) is 22.8 Å². The van der Waals surface area contributed by atoms with Crippen molar-refractivity contribution in [3.8, 4) is 12.1 Å². The molecule has 0 spiro atoms. The summed E-state index contributed by atoms with van der Waals surface area (Å²) in [5.74, 6) is -0.541. The molecule has 0 aromatic carbocycles. The molecule has 0 aliphatic carbocycles. The Kier molecular flexibility index (Phi) is 4.21. The molecule has 1 aliphatic heterocycles. The molecular weight excluding hydrogens is 246 g/mol. The lowest BCUT2D eigenvalue weighted by Gasteiger charge is -2.34. The van der Waals surface area contributed by atoms with Gasteiger partial charge in [-0.15, -0.1) is 11.8 Å². The van der Waals surface area contributed by atoms with Crippen LogP contribution in [0.2, 0.25) is 0 Å². The summed E-state index contributed by atoms with van der Waals surface area (Å²) < 4.78 is 0. The van der Waals surface area contributed by atoms with Crippen LogP contribution in [-0.2, 0) is 4.79 Å². The summed E-state index contributed by atoms with van der Waals surface area (Å²) in [6.07, 6.45) is 0. The van der Waals surface area contributed by atoms with Crippen LogP contribution in [-0.4, -0.2) is 11.7 Å². The van der Waals surface area contributed by atoms with Gasteiger partial charge in [-0.25, -0.2) is 0 Å². The predicted octanol–water partition coefficient (Wildman–Crippen LogP) is 2.33. The van der Waals surface area contributed by atoms with Gasteiger partial charge in [-0.1, -0.05) is 26.0 Å². The van der Waals surface area contributed by atoms with E-state index in [0.29, 0.717) is 16.4 Å². The summed E-state index contributed by atoms with van der Waals surface area (Å²) in [5.41, 5.74) is 0.655. The molecule has 0 aromatic heterocycles. The number of carbonyl (C=O) groups excluding carboxylic acids is 1. The second-order valence-corrected chi connectivity index (χ2v) is 5.82. The van der Waals surface area contributed by atoms with E-state index in [1.165, 1.54) is 11.8 Å². The molecule has 18 heavy (non-hydrogen) atoms. The molecule has 1 unspecified atom stereocenters. The van der Waals surface area contributed by atoms with E-state index in [1.807, 2.05) is 13.0 Å². The Labute approximate surface area is 111 Å². The summed E-state index contributed by atoms with van der Waals surface area (Å²) >= 11 is 1.37. The van der Waals surface area contributed by atoms with Gasteiger partial charge in [0.1, 0.15) is 5.92 Å². The Morgan fingerprint density at radius 1 is 1.56 bits per heavy atom. The van der Waals surface area contributed by atoms with E-state index in [9.17, 15) is 10.1 Å². The lowest BCUT2D eigenvalue weighted by Crippen LogP contribution is -2.44. The first-order valence-electron chi connectivity index (χ1n) is 5.47. The molecular formula is C13H15N3OS. The van der Waals surface area contributed by atoms with Crippen LogP contribution in [0.5, 0.6) is 0 Å². The highest BCUT2D eigenvalue weighted by Gasteiger charge is 2.44. The number of nitriles is 2. The van der Waals surface area contributed by atoms with Crippen molar-refractivity contribution in [1.82, 2.24) is 5.32 Å². The smallest absolute Gasteiger partial charge is 0.243 e. The number of allylic oxidation sites excluding steroid dienone is 1. The Morgan fingerprint density at radius 2 is 2.17 bits per heavy atom. The average Bonchev–Trinajstić information content (AvgIpc) is 2.25. The monoisotopic (exact) mass is 261 g/mol. The number of rotatable bonds is 3. The van der Waals surface area contributed by atoms with Gasteiger partial charge in [-0.2, -0.15) is 10.5 Å². The van der Waals surface area contributed by atoms with Crippen LogP contribution in [0.1, 0.15) is 20.8 Å². The lowest BCUT2D eigenvalue weighted by atomic mass is 9.72. The Hall–Kier alpha value is -1.72. The van der Waals surface area contributed by atoms with Crippen LogP contribution in [0.25, 0.3) is 0 Å². The minimum Gasteiger partial charge on any atom is -0.319 e. The summed E-state index contributed by atoms with van der Waals surface area (Å²) in [6, 6.07) is 4.09. The van der Waals surface area contributed by atoms with Crippen LogP contribution in [0, 0.1) is 34.0 Å². The van der Waals surface area contributed by atoms with Gasteiger partial charge < -0.3 is 5.32 Å². The van der Waals surface area contributed by atoms with Gasteiger partial charge in [0.2, 0.25) is 5.91 Å². The molecule has 1 aliphatic rings. The van der Waals surface area contributed by atoms with Gasteiger partial charge >= 0.3 is 0 Å². The Morgan fingerprint density at radius 3 is 2.61 bits per heavy atom. The molecule has 1 amide bonds. The quantitative estimate of drug-likeness (QED) is 0.791. The first-order valence-corrected chi connectivity index (χ1v) is 6.45. The number of amides is 1. The molecule has 1 N–H and O–H groups in total. The summed E-state index contributed by atoms with van der Waals surface area (Å²) in [4.78, 5) is 11.8. The third kappa shape index (κ3) is 2.57. The lowest BCUT2D eigenvalue weighted by molar-refractivity contribution is -0.125. The third-order valence-electron chi connectivity index (χ3n) is 2.80. The topological polar surface area (TPSA) is 76.7 Å². The van der Waals surface area contributed by atoms with Gasteiger partial charge in [0.25, 0.3) is 0 Å². The fraction of sp³-hybridized carbons (Fsp3) is 0.462. The van der Waals surface area contributed by atoms with E-state index < -0.39 is 11.3 Å². The van der Waals surface area contributed by atoms with Gasteiger partial charge in [0.15, 0.2) is 0 Å². The molecule has 0 saturated carbocycles. The van der Waals surface area contributed by atoms with Crippen molar-refractivity contribution in [2.24, 2.45) is 11.3 Å². The molecule has 1 rings (SSSR count). The average molecular weight is 261 g/mol. The van der Waals surface area contributed by atoms with E-state index >= 15 is 0 Å². The van der Waals surface area contributed by atoms with Crippen molar-refractivity contribution in [1.29, 1.82) is 10.5 Å². The highest BCUT2D eigenvalue weighted by atomic mass is 32.2. The summed E-state index contributed by atoms with van der Waals surface area (Å²) in [7, 11) is 0. The maximum absolute atomic E-state index is 11.8. The molecule has 0 bridgehead atoms. The van der Waals surface area contributed by atoms with Crippen molar-refractivity contribution in [3.05, 3.63) is 22.8 Å². The highest BCUT2D eigenvalue weighted by molar-refractivity contribution is 8.03. The zero-order chi connectivity index (χ0) is 13.9. The van der Waals surface area contributed by atoms with Gasteiger partial charge in [0, 0.05) is 11.2 Å². The first-order chi connectivity index (χ1) is 8.34. The number of nitrogens with zero attached hydrogens (tertiary/aromatic N) is 2. The van der Waals surface area contributed by atoms with Crippen molar-refractivity contribution in [2.75, 3.05) is 5.75 Å². The molecule has 4 nitrogen and oxygen atoms in total. The Bertz CT molecular complexity index is 505. The maximum Gasteiger partial charge on any atom is 0.243 e. The largest absolute Gasteiger partial charge is 0.319 e. The van der Waals surface area contributed by atoms with Crippen molar-refractivity contribution >= 4 is 17.7 Å². The van der Waals surface area contributed by atoms with E-state index in [4.69, 9.17) is 5.26 Å². The second kappa shape index (κ2) is 5.29. The molecule has 0 radical (unpaired) electrons. The van der Waals surface area contributed by atoms with Crippen LogP contribution < -0.4 is 5.32 Å². The maximum atomic E-state index is 11.8. The zero-order valence-electron chi connectivity index (χ0n) is 10.7. The van der Waals surface area contributed by atoms with Crippen molar-refractivity contribution < 1.29 is 4.79 Å². The fourth-order valence-corrected chi connectivity index (χ4v) is 2.75. The minimum absolute atomic E-state index is 0.342. The third-order valence-corrected chi connectivity index (χ3v) is 4.03. The van der Waals surface area contributed by atoms with Gasteiger partial charge in [0.05, 0.1) is 22.7 Å². The highest BCUT2D eigenvalue weighted by Crippen LogP contribution is 2.41. The fourth-order valence-electron chi connectivity index (χ4n) is 1.73. The summed E-state index contributed by atoms with van der Waals surface area (Å²) in [6.45, 7) is 9.17. The van der Waals surface area contributed by atoms with E-state index in [2.05, 4.69) is 18.0 Å². The normalized spacial score (nSPS) is 21.8. The first kappa shape index (κ1) is 14.3. The van der Waals surface area contributed by atoms with Gasteiger partial charge in [-0.3, -0.25) is 4.79 Å². The Balaban J connectivity index is 3.18.